The normalized spacial score (nSPS) is 11.3. The molecule has 0 radical (unpaired) electrons. The minimum absolute atomic E-state index is 0.0174. The molecule has 88 valence electrons. The quantitative estimate of drug-likeness (QED) is 0.848. The molecule has 0 heterocycles. The number of carbonyl (C=O) groups excluding carboxylic acids is 1. The van der Waals surface area contributed by atoms with Gasteiger partial charge in [-0.2, -0.15) is 0 Å². The van der Waals surface area contributed by atoms with Gasteiger partial charge in [-0.25, -0.2) is 0 Å². The molecular formula is C13H18BrNO. The van der Waals surface area contributed by atoms with Crippen molar-refractivity contribution in [1.82, 2.24) is 5.32 Å². The van der Waals surface area contributed by atoms with Crippen molar-refractivity contribution >= 4 is 21.8 Å². The van der Waals surface area contributed by atoms with Gasteiger partial charge in [-0.05, 0) is 39.8 Å². The van der Waals surface area contributed by atoms with Gasteiger partial charge < -0.3 is 5.32 Å². The van der Waals surface area contributed by atoms with E-state index in [-0.39, 0.29) is 11.4 Å². The van der Waals surface area contributed by atoms with Crippen LogP contribution in [0.2, 0.25) is 0 Å². The summed E-state index contributed by atoms with van der Waals surface area (Å²) in [7, 11) is 0. The van der Waals surface area contributed by atoms with E-state index < -0.39 is 0 Å². The minimum Gasteiger partial charge on any atom is -0.346 e. The van der Waals surface area contributed by atoms with Crippen LogP contribution in [0.4, 0.5) is 0 Å². The molecule has 3 heteroatoms. The number of carbonyl (C=O) groups is 1. The molecule has 2 nitrogen and oxygen atoms in total. The van der Waals surface area contributed by atoms with Gasteiger partial charge >= 0.3 is 0 Å². The Hall–Kier alpha value is -0.830. The third kappa shape index (κ3) is 3.63. The van der Waals surface area contributed by atoms with Crippen LogP contribution in [-0.4, -0.2) is 16.8 Å². The Balaban J connectivity index is 2.89. The van der Waals surface area contributed by atoms with Gasteiger partial charge in [0.1, 0.15) is 0 Å². The zero-order valence-electron chi connectivity index (χ0n) is 10.2. The van der Waals surface area contributed by atoms with Crippen LogP contribution in [-0.2, 0) is 0 Å². The van der Waals surface area contributed by atoms with Crippen LogP contribution in [0.3, 0.4) is 0 Å². The molecule has 0 spiro atoms. The van der Waals surface area contributed by atoms with Gasteiger partial charge in [0.15, 0.2) is 0 Å². The van der Waals surface area contributed by atoms with E-state index in [1.54, 1.807) is 0 Å². The lowest BCUT2D eigenvalue weighted by atomic mass is 10.0. The fourth-order valence-corrected chi connectivity index (χ4v) is 1.66. The maximum absolute atomic E-state index is 12.0. The van der Waals surface area contributed by atoms with E-state index in [4.69, 9.17) is 0 Å². The standard InChI is InChI=1S/C13H18BrNO/c1-9-5-10(2)7-11(6-9)12(16)15-13(3,4)8-14/h5-7H,8H2,1-4H3,(H,15,16). The van der Waals surface area contributed by atoms with Gasteiger partial charge in [-0.1, -0.05) is 33.1 Å². The Morgan fingerprint density at radius 2 is 1.75 bits per heavy atom. The van der Waals surface area contributed by atoms with Crippen LogP contribution >= 0.6 is 15.9 Å². The predicted molar refractivity (Wildman–Crippen MR) is 71.3 cm³/mol. The molecule has 1 N–H and O–H groups in total. The minimum atomic E-state index is -0.227. The lowest BCUT2D eigenvalue weighted by Crippen LogP contribution is -2.44. The van der Waals surface area contributed by atoms with Gasteiger partial charge in [-0.15, -0.1) is 0 Å². The highest BCUT2D eigenvalue weighted by Crippen LogP contribution is 2.12. The first-order chi connectivity index (χ1) is 7.34. The molecule has 0 aromatic heterocycles. The van der Waals surface area contributed by atoms with Crippen molar-refractivity contribution in [3.63, 3.8) is 0 Å². The average molecular weight is 284 g/mol. The molecule has 0 atom stereocenters. The van der Waals surface area contributed by atoms with Crippen LogP contribution < -0.4 is 5.32 Å². The number of amides is 1. The highest BCUT2D eigenvalue weighted by molar-refractivity contribution is 9.09. The van der Waals surface area contributed by atoms with E-state index in [1.165, 1.54) is 0 Å². The summed E-state index contributed by atoms with van der Waals surface area (Å²) in [5.41, 5.74) is 2.73. The highest BCUT2D eigenvalue weighted by atomic mass is 79.9. The van der Waals surface area contributed by atoms with Crippen LogP contribution in [0, 0.1) is 13.8 Å². The van der Waals surface area contributed by atoms with Gasteiger partial charge in [0.05, 0.1) is 0 Å². The summed E-state index contributed by atoms with van der Waals surface area (Å²) in [4.78, 5) is 12.0. The third-order valence-corrected chi connectivity index (χ3v) is 3.67. The monoisotopic (exact) mass is 283 g/mol. The maximum Gasteiger partial charge on any atom is 0.251 e. The zero-order chi connectivity index (χ0) is 12.3. The molecule has 0 saturated heterocycles. The number of rotatable bonds is 3. The number of hydrogen-bond acceptors (Lipinski definition) is 1. The van der Waals surface area contributed by atoms with Gasteiger partial charge in [0.25, 0.3) is 5.91 Å². The smallest absolute Gasteiger partial charge is 0.251 e. The van der Waals surface area contributed by atoms with Crippen molar-refractivity contribution in [2.75, 3.05) is 5.33 Å². The molecule has 0 fully saturated rings. The molecule has 0 aliphatic heterocycles. The van der Waals surface area contributed by atoms with Crippen molar-refractivity contribution in [2.45, 2.75) is 33.2 Å². The molecule has 16 heavy (non-hydrogen) atoms. The number of benzene rings is 1. The predicted octanol–water partition coefficient (Wildman–Crippen LogP) is 3.21. The summed E-state index contributed by atoms with van der Waals surface area (Å²) < 4.78 is 0. The Morgan fingerprint density at radius 1 is 1.25 bits per heavy atom. The fourth-order valence-electron chi connectivity index (χ4n) is 1.52. The Morgan fingerprint density at radius 3 is 2.19 bits per heavy atom. The lowest BCUT2D eigenvalue weighted by Gasteiger charge is -2.23. The van der Waals surface area contributed by atoms with Crippen LogP contribution in [0.5, 0.6) is 0 Å². The first-order valence-electron chi connectivity index (χ1n) is 5.31. The second-order valence-corrected chi connectivity index (χ2v) is 5.41. The van der Waals surface area contributed by atoms with Crippen molar-refractivity contribution in [1.29, 1.82) is 0 Å². The van der Waals surface area contributed by atoms with Crippen LogP contribution in [0.15, 0.2) is 18.2 Å². The number of halogens is 1. The van der Waals surface area contributed by atoms with Crippen molar-refractivity contribution in [2.24, 2.45) is 0 Å². The SMILES string of the molecule is Cc1cc(C)cc(C(=O)NC(C)(C)CBr)c1. The topological polar surface area (TPSA) is 29.1 Å². The van der Waals surface area contributed by atoms with Gasteiger partial charge in [0.2, 0.25) is 0 Å². The van der Waals surface area contributed by atoms with E-state index in [2.05, 4.69) is 27.3 Å². The summed E-state index contributed by atoms with van der Waals surface area (Å²) in [6.45, 7) is 7.98. The number of hydrogen-bond donors (Lipinski definition) is 1. The van der Waals surface area contributed by atoms with E-state index in [1.807, 2.05) is 39.8 Å². The fraction of sp³-hybridized carbons (Fsp3) is 0.462. The lowest BCUT2D eigenvalue weighted by molar-refractivity contribution is 0.0921. The second kappa shape index (κ2) is 5.00. The van der Waals surface area contributed by atoms with Crippen LogP contribution in [0.25, 0.3) is 0 Å². The van der Waals surface area contributed by atoms with E-state index in [0.29, 0.717) is 0 Å². The summed E-state index contributed by atoms with van der Waals surface area (Å²) in [5, 5.41) is 3.72. The Bertz CT molecular complexity index is 379. The molecule has 1 amide bonds. The molecule has 0 saturated carbocycles. The highest BCUT2D eigenvalue weighted by Gasteiger charge is 2.19. The molecule has 0 bridgehead atoms. The number of nitrogens with one attached hydrogen (secondary N) is 1. The molecule has 1 aromatic rings. The van der Waals surface area contributed by atoms with Gasteiger partial charge in [-0.3, -0.25) is 4.79 Å². The van der Waals surface area contributed by atoms with E-state index in [0.717, 1.165) is 22.0 Å². The van der Waals surface area contributed by atoms with Crippen molar-refractivity contribution < 1.29 is 4.79 Å². The number of aryl methyl sites for hydroxylation is 2. The summed E-state index contributed by atoms with van der Waals surface area (Å²) in [6.07, 6.45) is 0. The maximum atomic E-state index is 12.0. The van der Waals surface area contributed by atoms with Crippen LogP contribution in [0.1, 0.15) is 35.3 Å². The number of alkyl halides is 1. The zero-order valence-corrected chi connectivity index (χ0v) is 11.8. The Kier molecular flexibility index (Phi) is 4.14. The first-order valence-corrected chi connectivity index (χ1v) is 6.43. The third-order valence-electron chi connectivity index (χ3n) is 2.27. The van der Waals surface area contributed by atoms with E-state index >= 15 is 0 Å². The second-order valence-electron chi connectivity index (χ2n) is 4.85. The van der Waals surface area contributed by atoms with Gasteiger partial charge in [0, 0.05) is 16.4 Å². The molecule has 1 aromatic carbocycles. The summed E-state index contributed by atoms with van der Waals surface area (Å²) in [6, 6.07) is 5.88. The first kappa shape index (κ1) is 13.2. The largest absolute Gasteiger partial charge is 0.346 e. The summed E-state index contributed by atoms with van der Waals surface area (Å²) in [5.74, 6) is -0.0174. The molecular weight excluding hydrogens is 266 g/mol. The average Bonchev–Trinajstić information content (AvgIpc) is 2.15. The van der Waals surface area contributed by atoms with Crippen molar-refractivity contribution in [3.8, 4) is 0 Å². The molecule has 0 aliphatic rings. The van der Waals surface area contributed by atoms with Crippen molar-refractivity contribution in [3.05, 3.63) is 34.9 Å². The van der Waals surface area contributed by atoms with E-state index in [9.17, 15) is 4.79 Å². The Labute approximate surface area is 106 Å². The molecule has 0 unspecified atom stereocenters. The summed E-state index contributed by atoms with van der Waals surface area (Å²) >= 11 is 3.39. The molecule has 0 aliphatic carbocycles. The molecule has 1 rings (SSSR count).